The highest BCUT2D eigenvalue weighted by Crippen LogP contribution is 2.36. The number of unbranched alkanes of at least 4 members (excludes halogenated alkanes) is 1. The maximum atomic E-state index is 12.5. The highest BCUT2D eigenvalue weighted by molar-refractivity contribution is 14.1. The largest absolute Gasteiger partial charge is 0.457 e. The highest BCUT2D eigenvalue weighted by atomic mass is 127. The monoisotopic (exact) mass is 388 g/mol. The van der Waals surface area contributed by atoms with Crippen molar-refractivity contribution in [2.45, 2.75) is 44.8 Å². The maximum absolute atomic E-state index is 12.5. The van der Waals surface area contributed by atoms with E-state index < -0.39 is 6.29 Å². The van der Waals surface area contributed by atoms with E-state index in [1.165, 1.54) is 0 Å². The van der Waals surface area contributed by atoms with Gasteiger partial charge >= 0.3 is 0 Å². The second-order valence-corrected chi connectivity index (χ2v) is 6.08. The van der Waals surface area contributed by atoms with E-state index in [-0.39, 0.29) is 11.7 Å². The predicted octanol–water partition coefficient (Wildman–Crippen LogP) is 4.09. The van der Waals surface area contributed by atoms with Crippen molar-refractivity contribution >= 4 is 28.4 Å². The van der Waals surface area contributed by atoms with Gasteiger partial charge in [-0.25, -0.2) is 0 Å². The lowest BCUT2D eigenvalue weighted by Gasteiger charge is -2.30. The summed E-state index contributed by atoms with van der Waals surface area (Å²) in [5.74, 6) is 0.781. The molecule has 0 radical (unpaired) electrons. The number of Topliss-reactive ketones (excluding diaryl/α,β-unsaturated/α-hetero) is 1. The van der Waals surface area contributed by atoms with Crippen LogP contribution in [0.2, 0.25) is 0 Å². The molecule has 0 saturated heterocycles. The fourth-order valence-electron chi connectivity index (χ4n) is 2.46. The Bertz CT molecular complexity index is 447. The van der Waals surface area contributed by atoms with Gasteiger partial charge in [-0.05, 0) is 29.8 Å². The molecule has 0 saturated carbocycles. The summed E-state index contributed by atoms with van der Waals surface area (Å²) < 4.78 is 12.5. The first kappa shape index (κ1) is 15.8. The average molecular weight is 388 g/mol. The zero-order valence-corrected chi connectivity index (χ0v) is 14.0. The van der Waals surface area contributed by atoms with E-state index in [0.29, 0.717) is 6.61 Å². The molecule has 1 aliphatic rings. The molecule has 1 aromatic rings. The molecule has 4 heteroatoms. The van der Waals surface area contributed by atoms with Crippen LogP contribution in [0.5, 0.6) is 5.75 Å². The maximum Gasteiger partial charge on any atom is 0.260 e. The van der Waals surface area contributed by atoms with Gasteiger partial charge in [-0.1, -0.05) is 54.1 Å². The van der Waals surface area contributed by atoms with Gasteiger partial charge in [-0.3, -0.25) is 4.79 Å². The summed E-state index contributed by atoms with van der Waals surface area (Å²) in [7, 11) is 0. The Morgan fingerprint density at radius 1 is 1.30 bits per heavy atom. The molecule has 0 aliphatic carbocycles. The molecule has 0 N–H and O–H groups in total. The number of hydrogen-bond acceptors (Lipinski definition) is 3. The molecule has 0 bridgehead atoms. The van der Waals surface area contributed by atoms with Gasteiger partial charge < -0.3 is 9.47 Å². The Labute approximate surface area is 134 Å². The van der Waals surface area contributed by atoms with Crippen LogP contribution in [-0.2, 0) is 9.53 Å². The summed E-state index contributed by atoms with van der Waals surface area (Å²) in [5.41, 5.74) is 1.01. The third kappa shape index (κ3) is 3.73. The zero-order valence-electron chi connectivity index (χ0n) is 11.8. The summed E-state index contributed by atoms with van der Waals surface area (Å²) in [6.45, 7) is 2.68. The standard InChI is InChI=1S/C16H21IO3/c1-2-7-13-12-8-3-4-9-14(12)20-16(15(13)18)19-11-6-5-10-17/h3-4,8-9,13,16H,2,5-7,10-11H2,1H3/t13?,16-/m0/s1. The number of ether oxygens (including phenoxy) is 2. The summed E-state index contributed by atoms with van der Waals surface area (Å²) in [4.78, 5) is 12.5. The molecule has 2 rings (SSSR count). The molecule has 2 atom stereocenters. The molecule has 110 valence electrons. The molecule has 0 amide bonds. The Morgan fingerprint density at radius 3 is 2.85 bits per heavy atom. The lowest BCUT2D eigenvalue weighted by molar-refractivity contribution is -0.155. The first-order valence-corrected chi connectivity index (χ1v) is 8.77. The zero-order chi connectivity index (χ0) is 14.4. The quantitative estimate of drug-likeness (QED) is 0.401. The Morgan fingerprint density at radius 2 is 2.10 bits per heavy atom. The number of rotatable bonds is 7. The number of ketones is 1. The Balaban J connectivity index is 2.07. The molecule has 3 nitrogen and oxygen atoms in total. The second kappa shape index (κ2) is 7.98. The van der Waals surface area contributed by atoms with E-state index in [2.05, 4.69) is 29.5 Å². The molecule has 1 aliphatic heterocycles. The van der Waals surface area contributed by atoms with Gasteiger partial charge in [-0.2, -0.15) is 0 Å². The van der Waals surface area contributed by atoms with Crippen molar-refractivity contribution in [2.24, 2.45) is 0 Å². The molecule has 1 unspecified atom stereocenters. The molecule has 20 heavy (non-hydrogen) atoms. The van der Waals surface area contributed by atoms with Gasteiger partial charge in [0.15, 0.2) is 0 Å². The van der Waals surface area contributed by atoms with E-state index in [1.54, 1.807) is 0 Å². The molecular formula is C16H21IO3. The molecule has 0 aromatic heterocycles. The molecule has 0 fully saturated rings. The SMILES string of the molecule is CCCC1C(=O)[C@@H](OCCCCI)Oc2ccccc21. The summed E-state index contributed by atoms with van der Waals surface area (Å²) in [5, 5.41) is 0. The summed E-state index contributed by atoms with van der Waals surface area (Å²) in [6.07, 6.45) is 3.18. The van der Waals surface area contributed by atoms with Gasteiger partial charge in [-0.15, -0.1) is 0 Å². The third-order valence-electron chi connectivity index (χ3n) is 3.48. The van der Waals surface area contributed by atoms with Crippen LogP contribution in [0, 0.1) is 0 Å². The van der Waals surface area contributed by atoms with Crippen molar-refractivity contribution in [3.05, 3.63) is 29.8 Å². The molecular weight excluding hydrogens is 367 g/mol. The minimum Gasteiger partial charge on any atom is -0.457 e. The van der Waals surface area contributed by atoms with E-state index in [4.69, 9.17) is 9.47 Å². The first-order chi connectivity index (χ1) is 9.77. The van der Waals surface area contributed by atoms with E-state index >= 15 is 0 Å². The number of carbonyl (C=O) groups excluding carboxylic acids is 1. The van der Waals surface area contributed by atoms with Gasteiger partial charge in [0.25, 0.3) is 6.29 Å². The number of halogens is 1. The fraction of sp³-hybridized carbons (Fsp3) is 0.562. The van der Waals surface area contributed by atoms with Crippen LogP contribution in [0.3, 0.4) is 0 Å². The second-order valence-electron chi connectivity index (χ2n) is 5.00. The van der Waals surface area contributed by atoms with Crippen molar-refractivity contribution in [3.63, 3.8) is 0 Å². The number of alkyl halides is 1. The van der Waals surface area contributed by atoms with Gasteiger partial charge in [0.05, 0.1) is 12.5 Å². The van der Waals surface area contributed by atoms with Crippen LogP contribution in [-0.4, -0.2) is 23.1 Å². The van der Waals surface area contributed by atoms with Gasteiger partial charge in [0, 0.05) is 5.56 Å². The minimum absolute atomic E-state index is 0.0695. The number of carbonyl (C=O) groups is 1. The van der Waals surface area contributed by atoms with Crippen molar-refractivity contribution in [1.29, 1.82) is 0 Å². The minimum atomic E-state index is -0.726. The lowest BCUT2D eigenvalue weighted by Crippen LogP contribution is -2.38. The van der Waals surface area contributed by atoms with Crippen molar-refractivity contribution in [1.82, 2.24) is 0 Å². The average Bonchev–Trinajstić information content (AvgIpc) is 2.47. The Hall–Kier alpha value is -0.620. The van der Waals surface area contributed by atoms with Crippen LogP contribution < -0.4 is 4.74 Å². The Kier molecular flexibility index (Phi) is 6.29. The van der Waals surface area contributed by atoms with Crippen molar-refractivity contribution in [3.8, 4) is 5.75 Å². The predicted molar refractivity (Wildman–Crippen MR) is 87.6 cm³/mol. The molecule has 0 spiro atoms. The third-order valence-corrected chi connectivity index (χ3v) is 4.24. The molecule has 1 aromatic carbocycles. The van der Waals surface area contributed by atoms with Crippen molar-refractivity contribution < 1.29 is 14.3 Å². The summed E-state index contributed by atoms with van der Waals surface area (Å²) >= 11 is 2.35. The fourth-order valence-corrected chi connectivity index (χ4v) is 3.00. The van der Waals surface area contributed by atoms with Crippen LogP contribution in [0.1, 0.15) is 44.1 Å². The normalized spacial score (nSPS) is 21.4. The van der Waals surface area contributed by atoms with E-state index in [9.17, 15) is 4.79 Å². The van der Waals surface area contributed by atoms with E-state index in [1.807, 2.05) is 24.3 Å². The smallest absolute Gasteiger partial charge is 0.260 e. The lowest BCUT2D eigenvalue weighted by atomic mass is 9.87. The van der Waals surface area contributed by atoms with Crippen LogP contribution in [0.25, 0.3) is 0 Å². The van der Waals surface area contributed by atoms with Gasteiger partial charge in [0.1, 0.15) is 5.75 Å². The molecule has 1 heterocycles. The van der Waals surface area contributed by atoms with Crippen LogP contribution >= 0.6 is 22.6 Å². The summed E-state index contributed by atoms with van der Waals surface area (Å²) in [6, 6.07) is 7.80. The number of para-hydroxylation sites is 1. The number of fused-ring (bicyclic) bond motifs is 1. The highest BCUT2D eigenvalue weighted by Gasteiger charge is 2.36. The van der Waals surface area contributed by atoms with Crippen LogP contribution in [0.4, 0.5) is 0 Å². The topological polar surface area (TPSA) is 35.5 Å². The number of hydrogen-bond donors (Lipinski definition) is 0. The van der Waals surface area contributed by atoms with Crippen LogP contribution in [0.15, 0.2) is 24.3 Å². The number of benzene rings is 1. The first-order valence-electron chi connectivity index (χ1n) is 7.24. The van der Waals surface area contributed by atoms with E-state index in [0.717, 1.165) is 41.4 Å². The van der Waals surface area contributed by atoms with Gasteiger partial charge in [0.2, 0.25) is 5.78 Å². The van der Waals surface area contributed by atoms with Crippen molar-refractivity contribution in [2.75, 3.05) is 11.0 Å².